The van der Waals surface area contributed by atoms with E-state index in [0.29, 0.717) is 28.4 Å². The molecule has 3 aromatic rings. The average molecular weight is 400 g/mol. The van der Waals surface area contributed by atoms with E-state index in [0.717, 1.165) is 11.8 Å². The maximum atomic E-state index is 13.0. The molecule has 146 valence electrons. The Labute approximate surface area is 165 Å². The number of urea groups is 1. The molecule has 1 atom stereocenters. The Kier molecular flexibility index (Phi) is 6.15. The van der Waals surface area contributed by atoms with Crippen LogP contribution in [0.3, 0.4) is 0 Å². The molecular weight excluding hydrogens is 380 g/mol. The molecule has 0 radical (unpaired) electrons. The third-order valence-corrected chi connectivity index (χ3v) is 5.04. The summed E-state index contributed by atoms with van der Waals surface area (Å²) in [5.41, 5.74) is 0.322. The molecule has 9 heteroatoms. The number of nitrogens with zero attached hydrogens (tertiary/aromatic N) is 2. The quantitative estimate of drug-likeness (QED) is 0.486. The number of fused-ring (bicyclic) bond motifs is 1. The smallest absolute Gasteiger partial charge is 0.321 e. The number of thioether (sulfide) groups is 1. The zero-order valence-corrected chi connectivity index (χ0v) is 16.3. The maximum Gasteiger partial charge on any atom is 0.321 e. The summed E-state index contributed by atoms with van der Waals surface area (Å²) in [4.78, 5) is 41.4. The van der Waals surface area contributed by atoms with Gasteiger partial charge in [-0.05, 0) is 38.1 Å². The van der Waals surface area contributed by atoms with E-state index in [1.807, 2.05) is 0 Å². The number of imide groups is 1. The van der Waals surface area contributed by atoms with Gasteiger partial charge in [0, 0.05) is 6.54 Å². The molecule has 0 unspecified atom stereocenters. The number of nitrogens with one attached hydrogen (secondary N) is 2. The maximum absolute atomic E-state index is 13.0. The van der Waals surface area contributed by atoms with Crippen LogP contribution in [0.25, 0.3) is 10.9 Å². The molecule has 0 aliphatic rings. The lowest BCUT2D eigenvalue weighted by Gasteiger charge is -2.15. The summed E-state index contributed by atoms with van der Waals surface area (Å²) in [7, 11) is 0. The predicted octanol–water partition coefficient (Wildman–Crippen LogP) is 2.36. The fraction of sp³-hybridized carbons (Fsp3) is 0.263. The number of para-hydroxylation sites is 1. The Bertz CT molecular complexity index is 1050. The molecule has 0 aliphatic carbocycles. The van der Waals surface area contributed by atoms with Crippen LogP contribution in [0.2, 0.25) is 0 Å². The molecule has 2 heterocycles. The van der Waals surface area contributed by atoms with Crippen molar-refractivity contribution < 1.29 is 14.0 Å². The highest BCUT2D eigenvalue weighted by Gasteiger charge is 2.21. The Balaban J connectivity index is 1.93. The first-order valence-electron chi connectivity index (χ1n) is 8.77. The summed E-state index contributed by atoms with van der Waals surface area (Å²) in [5.74, 6) is 0.128. The summed E-state index contributed by atoms with van der Waals surface area (Å²) in [6.07, 6.45) is 1.53. The van der Waals surface area contributed by atoms with Gasteiger partial charge in [-0.1, -0.05) is 23.9 Å². The minimum absolute atomic E-state index is 0.191. The molecule has 0 fully saturated rings. The molecular formula is C19H20N4O4S. The highest BCUT2D eigenvalue weighted by Crippen LogP contribution is 2.23. The van der Waals surface area contributed by atoms with E-state index in [4.69, 9.17) is 4.42 Å². The zero-order chi connectivity index (χ0) is 20.1. The summed E-state index contributed by atoms with van der Waals surface area (Å²) < 4.78 is 6.84. The molecule has 28 heavy (non-hydrogen) atoms. The fourth-order valence-electron chi connectivity index (χ4n) is 2.57. The van der Waals surface area contributed by atoms with Crippen molar-refractivity contribution in [2.45, 2.75) is 30.8 Å². The monoisotopic (exact) mass is 400 g/mol. The molecule has 1 aromatic carbocycles. The average Bonchev–Trinajstić information content (AvgIpc) is 3.18. The van der Waals surface area contributed by atoms with Crippen molar-refractivity contribution in [2.24, 2.45) is 0 Å². The van der Waals surface area contributed by atoms with E-state index >= 15 is 0 Å². The lowest BCUT2D eigenvalue weighted by molar-refractivity contribution is -0.119. The van der Waals surface area contributed by atoms with Gasteiger partial charge in [-0.3, -0.25) is 19.5 Å². The first-order chi connectivity index (χ1) is 13.5. The number of amides is 3. The van der Waals surface area contributed by atoms with Crippen molar-refractivity contribution in [3.8, 4) is 0 Å². The van der Waals surface area contributed by atoms with E-state index in [2.05, 4.69) is 15.6 Å². The number of carbonyl (C=O) groups is 2. The normalized spacial score (nSPS) is 11.9. The fourth-order valence-corrected chi connectivity index (χ4v) is 3.47. The minimum Gasteiger partial charge on any atom is -0.467 e. The van der Waals surface area contributed by atoms with Crippen LogP contribution < -0.4 is 16.2 Å². The van der Waals surface area contributed by atoms with Crippen molar-refractivity contribution in [1.82, 2.24) is 20.2 Å². The van der Waals surface area contributed by atoms with Crippen LogP contribution in [0.5, 0.6) is 0 Å². The van der Waals surface area contributed by atoms with Crippen LogP contribution in [0, 0.1) is 0 Å². The SMILES string of the molecule is CCNC(=O)NC(=O)[C@@H](C)Sc1nc2ccccc2c(=O)n1Cc1ccco1. The van der Waals surface area contributed by atoms with Gasteiger partial charge < -0.3 is 9.73 Å². The van der Waals surface area contributed by atoms with Gasteiger partial charge in [0.15, 0.2) is 5.16 Å². The van der Waals surface area contributed by atoms with Gasteiger partial charge in [0.05, 0.1) is 29.0 Å². The topological polar surface area (TPSA) is 106 Å². The number of carbonyl (C=O) groups excluding carboxylic acids is 2. The van der Waals surface area contributed by atoms with Crippen molar-refractivity contribution in [1.29, 1.82) is 0 Å². The second-order valence-electron chi connectivity index (χ2n) is 5.99. The van der Waals surface area contributed by atoms with Gasteiger partial charge in [0.25, 0.3) is 5.56 Å². The number of benzene rings is 1. The van der Waals surface area contributed by atoms with Gasteiger partial charge in [-0.15, -0.1) is 0 Å². The number of hydrogen-bond donors (Lipinski definition) is 2. The van der Waals surface area contributed by atoms with Gasteiger partial charge in [-0.25, -0.2) is 9.78 Å². The Morgan fingerprint density at radius 1 is 1.25 bits per heavy atom. The van der Waals surface area contributed by atoms with E-state index in [-0.39, 0.29) is 12.1 Å². The van der Waals surface area contributed by atoms with Crippen molar-refractivity contribution in [2.75, 3.05) is 6.54 Å². The van der Waals surface area contributed by atoms with Gasteiger partial charge in [0.1, 0.15) is 5.76 Å². The zero-order valence-electron chi connectivity index (χ0n) is 15.5. The van der Waals surface area contributed by atoms with Crippen LogP contribution in [0.4, 0.5) is 4.79 Å². The first kappa shape index (κ1) is 19.7. The van der Waals surface area contributed by atoms with E-state index in [1.165, 1.54) is 10.8 Å². The molecule has 0 saturated heterocycles. The predicted molar refractivity (Wildman–Crippen MR) is 106 cm³/mol. The molecule has 0 spiro atoms. The van der Waals surface area contributed by atoms with Crippen molar-refractivity contribution in [3.63, 3.8) is 0 Å². The third-order valence-electron chi connectivity index (χ3n) is 3.95. The van der Waals surface area contributed by atoms with Crippen molar-refractivity contribution in [3.05, 3.63) is 58.8 Å². The van der Waals surface area contributed by atoms with E-state index < -0.39 is 17.2 Å². The first-order valence-corrected chi connectivity index (χ1v) is 9.65. The molecule has 3 rings (SSSR count). The number of aromatic nitrogens is 2. The standard InChI is InChI=1S/C19H20N4O4S/c1-3-20-18(26)22-16(24)12(2)28-19-21-15-9-5-4-8-14(15)17(25)23(19)11-13-7-6-10-27-13/h4-10,12H,3,11H2,1-2H3,(H2,20,22,24,26)/t12-/m1/s1. The summed E-state index contributed by atoms with van der Waals surface area (Å²) in [5, 5.41) is 5.00. The highest BCUT2D eigenvalue weighted by molar-refractivity contribution is 8.00. The number of hydrogen-bond acceptors (Lipinski definition) is 6. The minimum atomic E-state index is -0.640. The van der Waals surface area contributed by atoms with E-state index in [1.54, 1.807) is 50.2 Å². The van der Waals surface area contributed by atoms with Crippen LogP contribution in [0.1, 0.15) is 19.6 Å². The molecule has 8 nitrogen and oxygen atoms in total. The van der Waals surface area contributed by atoms with Crippen LogP contribution in [-0.4, -0.2) is 33.3 Å². The molecule has 0 aliphatic heterocycles. The molecule has 3 amide bonds. The molecule has 0 bridgehead atoms. The highest BCUT2D eigenvalue weighted by atomic mass is 32.2. The number of furan rings is 1. The second kappa shape index (κ2) is 8.75. The van der Waals surface area contributed by atoms with Crippen LogP contribution in [0.15, 0.2) is 57.0 Å². The Morgan fingerprint density at radius 3 is 2.75 bits per heavy atom. The molecule has 2 N–H and O–H groups in total. The molecule has 2 aromatic heterocycles. The molecule has 0 saturated carbocycles. The number of rotatable bonds is 6. The van der Waals surface area contributed by atoms with Crippen molar-refractivity contribution >= 4 is 34.6 Å². The van der Waals surface area contributed by atoms with Gasteiger partial charge in [0.2, 0.25) is 5.91 Å². The van der Waals surface area contributed by atoms with Gasteiger partial charge >= 0.3 is 6.03 Å². The third kappa shape index (κ3) is 4.42. The van der Waals surface area contributed by atoms with E-state index in [9.17, 15) is 14.4 Å². The van der Waals surface area contributed by atoms with Crippen LogP contribution in [-0.2, 0) is 11.3 Å². The van der Waals surface area contributed by atoms with Crippen LogP contribution >= 0.6 is 11.8 Å². The largest absolute Gasteiger partial charge is 0.467 e. The summed E-state index contributed by atoms with van der Waals surface area (Å²) >= 11 is 1.11. The summed E-state index contributed by atoms with van der Waals surface area (Å²) in [6, 6.07) is 9.98. The summed E-state index contributed by atoms with van der Waals surface area (Å²) in [6.45, 7) is 4.01. The lowest BCUT2D eigenvalue weighted by atomic mass is 10.2. The second-order valence-corrected chi connectivity index (χ2v) is 7.30. The Morgan fingerprint density at radius 2 is 2.04 bits per heavy atom. The Hall–Kier alpha value is -3.07. The lowest BCUT2D eigenvalue weighted by Crippen LogP contribution is -2.42. The van der Waals surface area contributed by atoms with Gasteiger partial charge in [-0.2, -0.15) is 0 Å².